The van der Waals surface area contributed by atoms with Crippen LogP contribution < -0.4 is 9.47 Å². The predicted molar refractivity (Wildman–Crippen MR) is 143 cm³/mol. The number of hydrogen-bond donors (Lipinski definition) is 1. The number of aromatic nitrogens is 2. The van der Waals surface area contributed by atoms with Gasteiger partial charge >= 0.3 is 0 Å². The van der Waals surface area contributed by atoms with E-state index in [0.29, 0.717) is 24.3 Å². The molecule has 0 radical (unpaired) electrons. The highest BCUT2D eigenvalue weighted by atomic mass is 16.5. The number of carbonyl (C=O) groups excluding carboxylic acids is 2. The summed E-state index contributed by atoms with van der Waals surface area (Å²) in [6.07, 6.45) is 3.10. The summed E-state index contributed by atoms with van der Waals surface area (Å²) >= 11 is 0. The van der Waals surface area contributed by atoms with E-state index in [-0.39, 0.29) is 36.6 Å². The Balaban J connectivity index is 1.63. The first-order chi connectivity index (χ1) is 18.3. The summed E-state index contributed by atoms with van der Waals surface area (Å²) in [5.41, 5.74) is 2.65. The molecule has 3 heterocycles. The molecule has 0 aliphatic carbocycles. The van der Waals surface area contributed by atoms with E-state index < -0.39 is 12.1 Å². The van der Waals surface area contributed by atoms with Crippen LogP contribution in [0.15, 0.2) is 60.9 Å². The van der Waals surface area contributed by atoms with E-state index in [2.05, 4.69) is 9.97 Å². The highest BCUT2D eigenvalue weighted by Crippen LogP contribution is 2.31. The SMILES string of the molecule is COc1ccc(-c2cnc3c(c2)C(=O)N([C@H](C)CO)C[C@@H](C)[C@H](CN(C)C(=O)Cc2ccccn2)O3)cc1. The van der Waals surface area contributed by atoms with Gasteiger partial charge in [0.2, 0.25) is 11.8 Å². The minimum Gasteiger partial charge on any atom is -0.497 e. The number of nitrogens with zero attached hydrogens (tertiary/aromatic N) is 4. The zero-order valence-corrected chi connectivity index (χ0v) is 22.2. The molecule has 2 aromatic heterocycles. The second kappa shape index (κ2) is 12.0. The summed E-state index contributed by atoms with van der Waals surface area (Å²) in [4.78, 5) is 38.7. The van der Waals surface area contributed by atoms with Crippen molar-refractivity contribution in [2.45, 2.75) is 32.4 Å². The fourth-order valence-electron chi connectivity index (χ4n) is 4.43. The number of hydrogen-bond acceptors (Lipinski definition) is 7. The molecule has 38 heavy (non-hydrogen) atoms. The molecule has 1 aromatic carbocycles. The molecule has 3 aromatic rings. The zero-order chi connectivity index (χ0) is 27.2. The predicted octanol–water partition coefficient (Wildman–Crippen LogP) is 3.07. The van der Waals surface area contributed by atoms with E-state index in [1.807, 2.05) is 56.3 Å². The molecule has 1 aliphatic rings. The molecule has 0 unspecified atom stereocenters. The Morgan fingerprint density at radius 2 is 1.97 bits per heavy atom. The number of benzene rings is 1. The van der Waals surface area contributed by atoms with Gasteiger partial charge in [-0.2, -0.15) is 0 Å². The Morgan fingerprint density at radius 1 is 1.21 bits per heavy atom. The molecular weight excluding hydrogens is 484 g/mol. The molecule has 3 atom stereocenters. The summed E-state index contributed by atoms with van der Waals surface area (Å²) < 4.78 is 11.6. The Morgan fingerprint density at radius 3 is 2.63 bits per heavy atom. The van der Waals surface area contributed by atoms with Gasteiger partial charge in [-0.1, -0.05) is 25.1 Å². The molecule has 4 rings (SSSR count). The van der Waals surface area contributed by atoms with E-state index in [9.17, 15) is 14.7 Å². The minimum atomic E-state index is -0.424. The Labute approximate surface area is 223 Å². The van der Waals surface area contributed by atoms with Crippen LogP contribution in [0.3, 0.4) is 0 Å². The molecule has 9 heteroatoms. The number of likely N-dealkylation sites (N-methyl/N-ethyl adjacent to an activating group) is 1. The van der Waals surface area contributed by atoms with Crippen LogP contribution in [-0.2, 0) is 11.2 Å². The van der Waals surface area contributed by atoms with Crippen molar-refractivity contribution in [2.75, 3.05) is 33.9 Å². The van der Waals surface area contributed by atoms with Crippen molar-refractivity contribution in [1.29, 1.82) is 0 Å². The van der Waals surface area contributed by atoms with Gasteiger partial charge in [-0.05, 0) is 42.8 Å². The van der Waals surface area contributed by atoms with E-state index in [0.717, 1.165) is 16.9 Å². The molecule has 9 nitrogen and oxygen atoms in total. The van der Waals surface area contributed by atoms with Crippen LogP contribution in [0.5, 0.6) is 11.6 Å². The van der Waals surface area contributed by atoms with Gasteiger partial charge in [-0.3, -0.25) is 14.6 Å². The third-order valence-electron chi connectivity index (χ3n) is 6.88. The van der Waals surface area contributed by atoms with Crippen molar-refractivity contribution in [1.82, 2.24) is 19.8 Å². The number of aliphatic hydroxyl groups excluding tert-OH is 1. The van der Waals surface area contributed by atoms with Gasteiger partial charge in [-0.25, -0.2) is 4.98 Å². The van der Waals surface area contributed by atoms with Crippen LogP contribution in [0.25, 0.3) is 11.1 Å². The van der Waals surface area contributed by atoms with Crippen molar-refractivity contribution in [3.63, 3.8) is 0 Å². The highest BCUT2D eigenvalue weighted by Gasteiger charge is 2.34. The summed E-state index contributed by atoms with van der Waals surface area (Å²) in [6, 6.07) is 14.4. The number of methoxy groups -OCH3 is 1. The summed E-state index contributed by atoms with van der Waals surface area (Å²) in [5.74, 6) is 0.475. The number of aliphatic hydroxyl groups is 1. The van der Waals surface area contributed by atoms with Gasteiger partial charge in [-0.15, -0.1) is 0 Å². The third-order valence-corrected chi connectivity index (χ3v) is 6.88. The van der Waals surface area contributed by atoms with Gasteiger partial charge in [0.25, 0.3) is 5.91 Å². The number of fused-ring (bicyclic) bond motifs is 1. The Hall–Kier alpha value is -3.98. The second-order valence-corrected chi connectivity index (χ2v) is 9.70. The maximum Gasteiger partial charge on any atom is 0.259 e. The normalized spacial score (nSPS) is 18.0. The molecular formula is C29H34N4O5. The summed E-state index contributed by atoms with van der Waals surface area (Å²) in [6.45, 7) is 4.28. The molecule has 0 spiro atoms. The van der Waals surface area contributed by atoms with Crippen LogP contribution >= 0.6 is 0 Å². The quantitative estimate of drug-likeness (QED) is 0.489. The standard InChI is InChI=1S/C29H34N4O5/c1-19-16-33(20(2)18-34)29(36)25-13-22(21-8-10-24(37-4)11-9-21)15-31-28(25)38-26(19)17-32(3)27(35)14-23-7-5-6-12-30-23/h5-13,15,19-20,26,34H,14,16-18H2,1-4H3/t19-,20-,26+/m1/s1. The third kappa shape index (κ3) is 6.11. The molecule has 0 bridgehead atoms. The maximum atomic E-state index is 13.7. The van der Waals surface area contributed by atoms with E-state index in [4.69, 9.17) is 9.47 Å². The molecule has 200 valence electrons. The lowest BCUT2D eigenvalue weighted by atomic mass is 9.99. The topological polar surface area (TPSA) is 105 Å². The molecule has 1 N–H and O–H groups in total. The van der Waals surface area contributed by atoms with Crippen LogP contribution in [-0.4, -0.2) is 82.7 Å². The van der Waals surface area contributed by atoms with Crippen molar-refractivity contribution in [2.24, 2.45) is 5.92 Å². The molecule has 1 aliphatic heterocycles. The van der Waals surface area contributed by atoms with Crippen LogP contribution in [0.2, 0.25) is 0 Å². The first-order valence-corrected chi connectivity index (χ1v) is 12.7. The summed E-state index contributed by atoms with van der Waals surface area (Å²) in [5, 5.41) is 9.90. The first-order valence-electron chi connectivity index (χ1n) is 12.7. The van der Waals surface area contributed by atoms with Gasteiger partial charge in [0, 0.05) is 43.2 Å². The van der Waals surface area contributed by atoms with Crippen molar-refractivity contribution in [3.05, 3.63) is 72.2 Å². The number of ether oxygens (including phenoxy) is 2. The van der Waals surface area contributed by atoms with E-state index in [1.165, 1.54) is 0 Å². The molecule has 2 amide bonds. The average Bonchev–Trinajstić information content (AvgIpc) is 2.94. The summed E-state index contributed by atoms with van der Waals surface area (Å²) in [7, 11) is 3.34. The van der Waals surface area contributed by atoms with Gasteiger partial charge in [0.05, 0.1) is 32.7 Å². The second-order valence-electron chi connectivity index (χ2n) is 9.70. The Bertz CT molecular complexity index is 1250. The van der Waals surface area contributed by atoms with Crippen molar-refractivity contribution < 1.29 is 24.2 Å². The molecule has 0 saturated heterocycles. The number of rotatable bonds is 8. The monoisotopic (exact) mass is 518 g/mol. The highest BCUT2D eigenvalue weighted by molar-refractivity contribution is 5.98. The van der Waals surface area contributed by atoms with Crippen molar-refractivity contribution >= 4 is 11.8 Å². The van der Waals surface area contributed by atoms with Gasteiger partial charge < -0.3 is 24.4 Å². The molecule has 0 saturated carbocycles. The van der Waals surface area contributed by atoms with Crippen molar-refractivity contribution in [3.8, 4) is 22.8 Å². The lowest BCUT2D eigenvalue weighted by Gasteiger charge is -2.37. The number of carbonyl (C=O) groups is 2. The van der Waals surface area contributed by atoms with Gasteiger partial charge in [0.15, 0.2) is 0 Å². The van der Waals surface area contributed by atoms with Crippen LogP contribution in [0.4, 0.5) is 0 Å². The lowest BCUT2D eigenvalue weighted by Crippen LogP contribution is -2.50. The largest absolute Gasteiger partial charge is 0.497 e. The van der Waals surface area contributed by atoms with Crippen LogP contribution in [0.1, 0.15) is 29.9 Å². The average molecular weight is 519 g/mol. The van der Waals surface area contributed by atoms with E-state index in [1.54, 1.807) is 42.4 Å². The fourth-order valence-corrected chi connectivity index (χ4v) is 4.43. The van der Waals surface area contributed by atoms with Gasteiger partial charge in [0.1, 0.15) is 17.4 Å². The van der Waals surface area contributed by atoms with E-state index >= 15 is 0 Å². The minimum absolute atomic E-state index is 0.0822. The molecule has 0 fully saturated rings. The Kier molecular flexibility index (Phi) is 8.58. The lowest BCUT2D eigenvalue weighted by molar-refractivity contribution is -0.130. The fraction of sp³-hybridized carbons (Fsp3) is 0.379. The van der Waals surface area contributed by atoms with Crippen LogP contribution in [0, 0.1) is 5.92 Å². The number of amides is 2. The maximum absolute atomic E-state index is 13.7. The number of pyridine rings is 2. The zero-order valence-electron chi connectivity index (χ0n) is 22.2. The smallest absolute Gasteiger partial charge is 0.259 e. The first kappa shape index (κ1) is 27.1.